The van der Waals surface area contributed by atoms with E-state index in [-0.39, 0.29) is 22.9 Å². The van der Waals surface area contributed by atoms with E-state index in [1.165, 1.54) is 6.42 Å². The van der Waals surface area contributed by atoms with Gasteiger partial charge in [0.25, 0.3) is 0 Å². The van der Waals surface area contributed by atoms with Gasteiger partial charge in [0.1, 0.15) is 6.54 Å². The quantitative estimate of drug-likeness (QED) is 0.461. The molecule has 0 saturated heterocycles. The number of carboxylic acids is 1. The molecule has 2 atom stereocenters. The lowest BCUT2D eigenvalue weighted by atomic mass is 9.77. The monoisotopic (exact) mass is 410 g/mol. The van der Waals surface area contributed by atoms with Crippen LogP contribution in [0, 0.1) is 11.8 Å². The van der Waals surface area contributed by atoms with Crippen LogP contribution >= 0.6 is 0 Å². The number of hydrogen-bond donors (Lipinski definition) is 2. The van der Waals surface area contributed by atoms with Gasteiger partial charge in [-0.15, -0.1) is 0 Å². The first kappa shape index (κ1) is 26.1. The summed E-state index contributed by atoms with van der Waals surface area (Å²) in [5.41, 5.74) is 0. The Balaban J connectivity index is 0. The topological polar surface area (TPSA) is 80.6 Å². The fourth-order valence-corrected chi connectivity index (χ4v) is 3.19. The second kappa shape index (κ2) is 14.0. The molecular formula is C18H37BrNO4-. The molecule has 0 radical (unpaired) electrons. The van der Waals surface area contributed by atoms with Crippen molar-refractivity contribution in [3.8, 4) is 0 Å². The third-order valence-electron chi connectivity index (χ3n) is 5.43. The van der Waals surface area contributed by atoms with E-state index in [1.54, 1.807) is 0 Å². The van der Waals surface area contributed by atoms with Gasteiger partial charge in [0.15, 0.2) is 0 Å². The van der Waals surface area contributed by atoms with Crippen LogP contribution in [0.25, 0.3) is 0 Å². The Hall–Kier alpha value is -0.170. The summed E-state index contributed by atoms with van der Waals surface area (Å²) < 4.78 is 0.983. The van der Waals surface area contributed by atoms with Crippen molar-refractivity contribution in [3.05, 3.63) is 0 Å². The van der Waals surface area contributed by atoms with Gasteiger partial charge >= 0.3 is 0 Å². The molecule has 1 saturated carbocycles. The number of carboxylic acid groups (broad SMARTS) is 1. The first-order chi connectivity index (χ1) is 10.8. The van der Waals surface area contributed by atoms with E-state index < -0.39 is 18.0 Å². The number of aliphatic hydroxyl groups is 2. The highest BCUT2D eigenvalue weighted by Crippen LogP contribution is 2.32. The predicted octanol–water partition coefficient (Wildman–Crippen LogP) is -1.83. The van der Waals surface area contributed by atoms with E-state index in [9.17, 15) is 15.0 Å². The van der Waals surface area contributed by atoms with Gasteiger partial charge in [-0.25, -0.2) is 0 Å². The SMILES string of the molecule is CCC(O)C(C(=O)[O-])C1CCCCC1.CC[N+](C)(CC)CCO.[Br-]. The van der Waals surface area contributed by atoms with Crippen LogP contribution in [0.2, 0.25) is 0 Å². The molecule has 1 fully saturated rings. The highest BCUT2D eigenvalue weighted by molar-refractivity contribution is 5.68. The Morgan fingerprint density at radius 3 is 1.96 bits per heavy atom. The van der Waals surface area contributed by atoms with Crippen molar-refractivity contribution in [2.24, 2.45) is 11.8 Å². The zero-order valence-electron chi connectivity index (χ0n) is 15.8. The summed E-state index contributed by atoms with van der Waals surface area (Å²) in [5.74, 6) is -1.60. The molecular weight excluding hydrogens is 374 g/mol. The summed E-state index contributed by atoms with van der Waals surface area (Å²) in [7, 11) is 2.16. The smallest absolute Gasteiger partial charge is 0.102 e. The molecule has 2 N–H and O–H groups in total. The Morgan fingerprint density at radius 1 is 1.17 bits per heavy atom. The summed E-state index contributed by atoms with van der Waals surface area (Å²) in [6.07, 6.45) is 4.98. The zero-order valence-corrected chi connectivity index (χ0v) is 17.4. The van der Waals surface area contributed by atoms with Crippen molar-refractivity contribution >= 4 is 5.97 Å². The average Bonchev–Trinajstić information content (AvgIpc) is 2.56. The Morgan fingerprint density at radius 2 is 1.67 bits per heavy atom. The second-order valence-electron chi connectivity index (χ2n) is 6.92. The molecule has 0 aromatic heterocycles. The van der Waals surface area contributed by atoms with Crippen LogP contribution in [0.5, 0.6) is 0 Å². The summed E-state index contributed by atoms with van der Waals surface area (Å²) >= 11 is 0. The maximum absolute atomic E-state index is 10.9. The third kappa shape index (κ3) is 9.35. The fraction of sp³-hybridized carbons (Fsp3) is 0.944. The van der Waals surface area contributed by atoms with E-state index in [0.717, 1.165) is 49.8 Å². The van der Waals surface area contributed by atoms with E-state index in [4.69, 9.17) is 5.11 Å². The molecule has 0 spiro atoms. The van der Waals surface area contributed by atoms with Gasteiger partial charge in [0.2, 0.25) is 0 Å². The van der Waals surface area contributed by atoms with E-state index in [2.05, 4.69) is 20.9 Å². The largest absolute Gasteiger partial charge is 1.00 e. The van der Waals surface area contributed by atoms with Crippen LogP contribution in [0.4, 0.5) is 0 Å². The summed E-state index contributed by atoms with van der Waals surface area (Å²) in [4.78, 5) is 10.9. The standard InChI is InChI=1S/C11H20O3.C7H18NO.BrH/c1-2-9(12)10(11(13)14)8-6-4-3-5-7-8;1-4-8(3,5-2)6-7-9;/h8-10,12H,2-7H2,1H3,(H,13,14);9H,4-7H2,1-3H3;1H/q;+1;/p-2. The van der Waals surface area contributed by atoms with E-state index in [0.29, 0.717) is 13.0 Å². The minimum absolute atomic E-state index is 0. The number of carbonyl (C=O) groups is 1. The number of halogens is 1. The van der Waals surface area contributed by atoms with Gasteiger partial charge in [0, 0.05) is 11.9 Å². The first-order valence-corrected chi connectivity index (χ1v) is 9.18. The number of rotatable bonds is 8. The molecule has 0 bridgehead atoms. The maximum atomic E-state index is 10.9. The molecule has 0 amide bonds. The molecule has 2 unspecified atom stereocenters. The van der Waals surface area contributed by atoms with Crippen molar-refractivity contribution in [1.29, 1.82) is 0 Å². The number of carbonyl (C=O) groups excluding carboxylic acids is 1. The number of aliphatic hydroxyl groups excluding tert-OH is 2. The zero-order chi connectivity index (χ0) is 17.9. The van der Waals surface area contributed by atoms with Gasteiger partial charge in [-0.1, -0.05) is 26.2 Å². The minimum atomic E-state index is -1.08. The predicted molar refractivity (Wildman–Crippen MR) is 90.6 cm³/mol. The lowest BCUT2D eigenvalue weighted by Crippen LogP contribution is -3.00. The van der Waals surface area contributed by atoms with Crippen molar-refractivity contribution in [3.63, 3.8) is 0 Å². The fourth-order valence-electron chi connectivity index (χ4n) is 3.19. The molecule has 24 heavy (non-hydrogen) atoms. The number of aliphatic carboxylic acids is 1. The van der Waals surface area contributed by atoms with Crippen LogP contribution in [-0.2, 0) is 4.79 Å². The van der Waals surface area contributed by atoms with Crippen molar-refractivity contribution < 1.29 is 41.6 Å². The Bertz CT molecular complexity index is 318. The van der Waals surface area contributed by atoms with Crippen LogP contribution < -0.4 is 22.1 Å². The van der Waals surface area contributed by atoms with E-state index in [1.807, 2.05) is 6.92 Å². The first-order valence-electron chi connectivity index (χ1n) is 9.18. The lowest BCUT2D eigenvalue weighted by Gasteiger charge is -2.33. The third-order valence-corrected chi connectivity index (χ3v) is 5.43. The summed E-state index contributed by atoms with van der Waals surface area (Å²) in [6.45, 7) is 9.51. The molecule has 1 rings (SSSR count). The number of likely N-dealkylation sites (N-methyl/N-ethyl adjacent to an activating group) is 1. The lowest BCUT2D eigenvalue weighted by molar-refractivity contribution is -0.906. The van der Waals surface area contributed by atoms with Crippen LogP contribution in [0.15, 0.2) is 0 Å². The minimum Gasteiger partial charge on any atom is -1.00 e. The van der Waals surface area contributed by atoms with Gasteiger partial charge < -0.3 is 41.6 Å². The molecule has 146 valence electrons. The molecule has 0 aromatic carbocycles. The molecule has 6 heteroatoms. The summed E-state index contributed by atoms with van der Waals surface area (Å²) in [6, 6.07) is 0. The van der Waals surface area contributed by atoms with Gasteiger partial charge in [0.05, 0.1) is 32.8 Å². The van der Waals surface area contributed by atoms with Crippen LogP contribution in [0.3, 0.4) is 0 Å². The van der Waals surface area contributed by atoms with Gasteiger partial charge in [-0.05, 0) is 39.0 Å². The van der Waals surface area contributed by atoms with Crippen molar-refractivity contribution in [1.82, 2.24) is 0 Å². The number of nitrogens with zero attached hydrogens (tertiary/aromatic N) is 1. The molecule has 0 aliphatic heterocycles. The molecule has 0 heterocycles. The van der Waals surface area contributed by atoms with Crippen molar-refractivity contribution in [2.45, 2.75) is 65.4 Å². The second-order valence-corrected chi connectivity index (χ2v) is 6.92. The Labute approximate surface area is 158 Å². The van der Waals surface area contributed by atoms with Crippen LogP contribution in [-0.4, -0.2) is 60.1 Å². The van der Waals surface area contributed by atoms with E-state index >= 15 is 0 Å². The number of hydrogen-bond acceptors (Lipinski definition) is 4. The summed E-state index contributed by atoms with van der Waals surface area (Å²) in [5, 5.41) is 29.2. The maximum Gasteiger partial charge on any atom is 0.102 e. The molecule has 5 nitrogen and oxygen atoms in total. The average molecular weight is 411 g/mol. The normalized spacial score (nSPS) is 17.9. The van der Waals surface area contributed by atoms with Gasteiger partial charge in [-0.2, -0.15) is 0 Å². The molecule has 1 aliphatic carbocycles. The highest BCUT2D eigenvalue weighted by atomic mass is 79.9. The van der Waals surface area contributed by atoms with Crippen LogP contribution in [0.1, 0.15) is 59.3 Å². The molecule has 0 aromatic rings. The molecule has 1 aliphatic rings. The Kier molecular flexibility index (Phi) is 15.3. The number of quaternary nitrogens is 1. The highest BCUT2D eigenvalue weighted by Gasteiger charge is 2.29. The van der Waals surface area contributed by atoms with Gasteiger partial charge in [-0.3, -0.25) is 0 Å². The van der Waals surface area contributed by atoms with Crippen molar-refractivity contribution in [2.75, 3.05) is 33.3 Å².